The molecule has 2 aliphatic heterocycles. The Labute approximate surface area is 200 Å². The third-order valence-electron chi connectivity index (χ3n) is 6.52. The molecular formula is C24H35N5O5. The summed E-state index contributed by atoms with van der Waals surface area (Å²) in [5.41, 5.74) is 2.03. The number of aromatic nitrogens is 3. The van der Waals surface area contributed by atoms with E-state index in [2.05, 4.69) is 29.2 Å². The summed E-state index contributed by atoms with van der Waals surface area (Å²) in [6, 6.07) is 5.75. The Morgan fingerprint density at radius 3 is 2.94 bits per heavy atom. The monoisotopic (exact) mass is 473 g/mol. The van der Waals surface area contributed by atoms with Crippen LogP contribution in [0.5, 0.6) is 11.5 Å². The molecule has 0 bridgehead atoms. The van der Waals surface area contributed by atoms with E-state index >= 15 is 0 Å². The van der Waals surface area contributed by atoms with Gasteiger partial charge in [-0.25, -0.2) is 4.68 Å². The zero-order valence-electron chi connectivity index (χ0n) is 20.2. The fourth-order valence-electron chi connectivity index (χ4n) is 4.47. The Hall–Kier alpha value is -2.69. The van der Waals surface area contributed by atoms with E-state index in [9.17, 15) is 9.90 Å². The van der Waals surface area contributed by atoms with Crippen LogP contribution in [0, 0.1) is 5.92 Å². The summed E-state index contributed by atoms with van der Waals surface area (Å²) >= 11 is 0. The van der Waals surface area contributed by atoms with Gasteiger partial charge in [0.05, 0.1) is 37.3 Å². The number of carbonyl (C=O) groups excluding carboxylic acids is 1. The molecule has 2 aliphatic rings. The second-order valence-corrected chi connectivity index (χ2v) is 9.34. The summed E-state index contributed by atoms with van der Waals surface area (Å²) in [6.07, 6.45) is 2.67. The number of benzene rings is 1. The lowest BCUT2D eigenvalue weighted by molar-refractivity contribution is -0.136. The average molecular weight is 474 g/mol. The molecule has 0 radical (unpaired) electrons. The van der Waals surface area contributed by atoms with Crippen molar-refractivity contribution in [1.82, 2.24) is 24.8 Å². The van der Waals surface area contributed by atoms with Crippen molar-refractivity contribution in [2.45, 2.75) is 58.5 Å². The van der Waals surface area contributed by atoms with E-state index in [1.165, 1.54) is 0 Å². The van der Waals surface area contributed by atoms with Gasteiger partial charge < -0.3 is 24.2 Å². The summed E-state index contributed by atoms with van der Waals surface area (Å²) in [5, 5.41) is 17.9. The first kappa shape index (κ1) is 24.4. The van der Waals surface area contributed by atoms with Crippen LogP contribution >= 0.6 is 0 Å². The minimum absolute atomic E-state index is 0.0445. The minimum atomic E-state index is -0.244. The van der Waals surface area contributed by atoms with Crippen LogP contribution in [0.15, 0.2) is 24.4 Å². The van der Waals surface area contributed by atoms with Crippen molar-refractivity contribution in [2.24, 2.45) is 5.92 Å². The van der Waals surface area contributed by atoms with E-state index in [0.717, 1.165) is 29.3 Å². The first-order valence-corrected chi connectivity index (χ1v) is 11.9. The molecule has 34 heavy (non-hydrogen) atoms. The molecule has 0 saturated carbocycles. The third kappa shape index (κ3) is 5.86. The van der Waals surface area contributed by atoms with Crippen LogP contribution in [-0.4, -0.2) is 81.5 Å². The molecule has 1 amide bonds. The molecule has 10 nitrogen and oxygen atoms in total. The number of nitrogens with zero attached hydrogens (tertiary/aromatic N) is 5. The van der Waals surface area contributed by atoms with Crippen molar-refractivity contribution in [1.29, 1.82) is 0 Å². The number of ether oxygens (including phenoxy) is 3. The maximum absolute atomic E-state index is 13.0. The SMILES string of the molecule is C[C@H](CO)N1C[C@H](C)[C@@H](CN(C)Cc2ccc3c(c2)OCO3)OCc2cnnn2CCCC1=O. The van der Waals surface area contributed by atoms with Gasteiger partial charge in [0.25, 0.3) is 0 Å². The van der Waals surface area contributed by atoms with Crippen LogP contribution in [0.2, 0.25) is 0 Å². The van der Waals surface area contributed by atoms with Gasteiger partial charge in [-0.1, -0.05) is 18.2 Å². The highest BCUT2D eigenvalue weighted by molar-refractivity contribution is 5.76. The van der Waals surface area contributed by atoms with Crippen molar-refractivity contribution < 1.29 is 24.1 Å². The van der Waals surface area contributed by atoms with Gasteiger partial charge in [0.2, 0.25) is 12.7 Å². The summed E-state index contributed by atoms with van der Waals surface area (Å²) in [6.45, 7) is 7.11. The Bertz CT molecular complexity index is 967. The lowest BCUT2D eigenvalue weighted by Gasteiger charge is -2.35. The molecule has 4 rings (SSSR count). The molecule has 0 spiro atoms. The molecule has 3 heterocycles. The molecule has 186 valence electrons. The molecule has 2 aromatic rings. The van der Waals surface area contributed by atoms with E-state index in [1.807, 2.05) is 29.8 Å². The number of hydrogen-bond donors (Lipinski definition) is 1. The topological polar surface area (TPSA) is 102 Å². The standard InChI is InChI=1S/C24H35N5O5/c1-17-11-28(18(2)14-30)24(31)5-4-8-29-20(10-25-26-29)15-32-23(17)13-27(3)12-19-6-7-21-22(9-19)34-16-33-21/h6-7,9-10,17-18,23,30H,4-5,8,11-16H2,1-3H3/t17-,18+,23+/m0/s1. The zero-order chi connectivity index (χ0) is 24.1. The quantitative estimate of drug-likeness (QED) is 0.676. The van der Waals surface area contributed by atoms with Gasteiger partial charge in [0.1, 0.15) is 0 Å². The largest absolute Gasteiger partial charge is 0.454 e. The number of aliphatic hydroxyl groups is 1. The van der Waals surface area contributed by atoms with E-state index < -0.39 is 0 Å². The van der Waals surface area contributed by atoms with Gasteiger partial charge in [-0.3, -0.25) is 9.69 Å². The number of carbonyl (C=O) groups is 1. The van der Waals surface area contributed by atoms with Crippen molar-refractivity contribution in [3.8, 4) is 11.5 Å². The van der Waals surface area contributed by atoms with E-state index in [1.54, 1.807) is 11.1 Å². The van der Waals surface area contributed by atoms with Crippen LogP contribution in [0.3, 0.4) is 0 Å². The van der Waals surface area contributed by atoms with E-state index in [0.29, 0.717) is 39.1 Å². The smallest absolute Gasteiger partial charge is 0.231 e. The predicted molar refractivity (Wildman–Crippen MR) is 124 cm³/mol. The number of likely N-dealkylation sites (N-methyl/N-ethyl adjacent to an activating group) is 1. The summed E-state index contributed by atoms with van der Waals surface area (Å²) in [5.74, 6) is 1.65. The first-order chi connectivity index (χ1) is 16.4. The lowest BCUT2D eigenvalue weighted by atomic mass is 10.0. The van der Waals surface area contributed by atoms with Gasteiger partial charge in [0, 0.05) is 38.5 Å². The lowest BCUT2D eigenvalue weighted by Crippen LogP contribution is -2.47. The molecule has 1 aromatic carbocycles. The van der Waals surface area contributed by atoms with Crippen molar-refractivity contribution in [3.63, 3.8) is 0 Å². The van der Waals surface area contributed by atoms with Gasteiger partial charge in [-0.2, -0.15) is 0 Å². The second kappa shape index (κ2) is 11.2. The van der Waals surface area contributed by atoms with Gasteiger partial charge in [-0.05, 0) is 38.1 Å². The van der Waals surface area contributed by atoms with Crippen LogP contribution in [0.25, 0.3) is 0 Å². The molecule has 0 saturated heterocycles. The third-order valence-corrected chi connectivity index (χ3v) is 6.52. The van der Waals surface area contributed by atoms with Crippen molar-refractivity contribution in [3.05, 3.63) is 35.7 Å². The number of aryl methyl sites for hydroxylation is 1. The highest BCUT2D eigenvalue weighted by Crippen LogP contribution is 2.32. The van der Waals surface area contributed by atoms with Crippen LogP contribution < -0.4 is 9.47 Å². The van der Waals surface area contributed by atoms with Gasteiger partial charge in [0.15, 0.2) is 11.5 Å². The van der Waals surface area contributed by atoms with E-state index in [4.69, 9.17) is 14.2 Å². The summed E-state index contributed by atoms with van der Waals surface area (Å²) < 4.78 is 19.1. The summed E-state index contributed by atoms with van der Waals surface area (Å²) in [4.78, 5) is 17.0. The second-order valence-electron chi connectivity index (χ2n) is 9.34. The molecule has 1 N–H and O–H groups in total. The highest BCUT2D eigenvalue weighted by Gasteiger charge is 2.28. The zero-order valence-corrected chi connectivity index (χ0v) is 20.2. The number of amides is 1. The fourth-order valence-corrected chi connectivity index (χ4v) is 4.47. The molecule has 0 unspecified atom stereocenters. The summed E-state index contributed by atoms with van der Waals surface area (Å²) in [7, 11) is 2.06. The normalized spacial score (nSPS) is 22.3. The van der Waals surface area contributed by atoms with Crippen LogP contribution in [0.4, 0.5) is 0 Å². The van der Waals surface area contributed by atoms with E-state index in [-0.39, 0.29) is 37.4 Å². The maximum atomic E-state index is 13.0. The van der Waals surface area contributed by atoms with Gasteiger partial charge >= 0.3 is 0 Å². The highest BCUT2D eigenvalue weighted by atomic mass is 16.7. The van der Waals surface area contributed by atoms with Gasteiger partial charge in [-0.15, -0.1) is 5.10 Å². The maximum Gasteiger partial charge on any atom is 0.231 e. The molecular weight excluding hydrogens is 438 g/mol. The van der Waals surface area contributed by atoms with Crippen molar-refractivity contribution >= 4 is 5.91 Å². The predicted octanol–water partition coefficient (Wildman–Crippen LogP) is 1.66. The average Bonchev–Trinajstić information content (AvgIpc) is 3.47. The Balaban J connectivity index is 1.49. The Kier molecular flexibility index (Phi) is 8.02. The molecule has 0 fully saturated rings. The Morgan fingerprint density at radius 2 is 2.12 bits per heavy atom. The molecule has 3 atom stereocenters. The molecule has 1 aromatic heterocycles. The minimum Gasteiger partial charge on any atom is -0.454 e. The van der Waals surface area contributed by atoms with Crippen LogP contribution in [0.1, 0.15) is 37.9 Å². The fraction of sp³-hybridized carbons (Fsp3) is 0.625. The first-order valence-electron chi connectivity index (χ1n) is 11.9. The van der Waals surface area contributed by atoms with Crippen LogP contribution in [-0.2, 0) is 29.2 Å². The van der Waals surface area contributed by atoms with Crippen molar-refractivity contribution in [2.75, 3.05) is 33.5 Å². The molecule has 10 heteroatoms. The number of fused-ring (bicyclic) bond motifs is 2. The Morgan fingerprint density at radius 1 is 1.29 bits per heavy atom. The number of rotatable bonds is 6. The number of aliphatic hydroxyl groups excluding tert-OH is 1. The molecule has 0 aliphatic carbocycles. The number of hydrogen-bond acceptors (Lipinski definition) is 8.